The molecule has 0 spiro atoms. The van der Waals surface area contributed by atoms with Gasteiger partial charge in [-0.15, -0.1) is 0 Å². The van der Waals surface area contributed by atoms with Crippen molar-refractivity contribution < 1.29 is 9.94 Å². The number of anilines is 1. The first-order valence-electron chi connectivity index (χ1n) is 13.9. The number of aromatic nitrogens is 4. The molecule has 40 heavy (non-hydrogen) atoms. The molecule has 4 heterocycles. The molecule has 208 valence electrons. The highest BCUT2D eigenvalue weighted by Crippen LogP contribution is 2.38. The van der Waals surface area contributed by atoms with Crippen molar-refractivity contribution in [1.29, 1.82) is 5.41 Å². The fraction of sp³-hybridized carbons (Fsp3) is 0.400. The Labute approximate surface area is 238 Å². The number of halogens is 1. The summed E-state index contributed by atoms with van der Waals surface area (Å²) in [6.45, 7) is 5.04. The van der Waals surface area contributed by atoms with E-state index in [9.17, 15) is 5.21 Å². The summed E-state index contributed by atoms with van der Waals surface area (Å²) in [6.07, 6.45) is 8.11. The number of morpholine rings is 1. The van der Waals surface area contributed by atoms with E-state index in [4.69, 9.17) is 31.7 Å². The van der Waals surface area contributed by atoms with E-state index in [-0.39, 0.29) is 17.6 Å². The number of benzene rings is 1. The molecular formula is C30H34ClN7O2. The molecule has 0 unspecified atom stereocenters. The Morgan fingerprint density at radius 1 is 1.12 bits per heavy atom. The number of imidazole rings is 1. The number of nitrogens with one attached hydrogen (secondary N) is 2. The van der Waals surface area contributed by atoms with E-state index in [1.807, 2.05) is 17.6 Å². The van der Waals surface area contributed by atoms with Crippen LogP contribution in [0.4, 0.5) is 5.95 Å². The molecule has 1 aliphatic carbocycles. The summed E-state index contributed by atoms with van der Waals surface area (Å²) in [4.78, 5) is 16.7. The third-order valence-corrected chi connectivity index (χ3v) is 8.40. The molecule has 1 aromatic carbocycles. The second kappa shape index (κ2) is 11.5. The smallest absolute Gasteiger partial charge is 0.207 e. The number of hydroxylamine groups is 1. The molecule has 3 N–H and O–H groups in total. The molecule has 1 saturated heterocycles. The summed E-state index contributed by atoms with van der Waals surface area (Å²) in [6, 6.07) is 14.0. The van der Waals surface area contributed by atoms with Crippen molar-refractivity contribution >= 4 is 34.4 Å². The number of pyridine rings is 2. The van der Waals surface area contributed by atoms with E-state index in [1.165, 1.54) is 31.2 Å². The van der Waals surface area contributed by atoms with Crippen molar-refractivity contribution in [3.63, 3.8) is 0 Å². The summed E-state index contributed by atoms with van der Waals surface area (Å²) < 4.78 is 8.28. The molecule has 10 heteroatoms. The van der Waals surface area contributed by atoms with Crippen LogP contribution in [0.3, 0.4) is 0 Å². The molecule has 3 aromatic heterocycles. The Morgan fingerprint density at radius 3 is 2.67 bits per heavy atom. The normalized spacial score (nSPS) is 21.5. The SMILES string of the molecule is CC1CCC(Cn2c(N3CCOC[C@H]3c3ccccc3)nc3cc(C(=N)NO)nc(-c4cncc(Cl)c4)c32)CC1. The van der Waals surface area contributed by atoms with Gasteiger partial charge in [0.15, 0.2) is 5.84 Å². The van der Waals surface area contributed by atoms with Crippen LogP contribution in [-0.2, 0) is 11.3 Å². The predicted octanol–water partition coefficient (Wildman–Crippen LogP) is 5.86. The van der Waals surface area contributed by atoms with Gasteiger partial charge >= 0.3 is 0 Å². The van der Waals surface area contributed by atoms with Crippen molar-refractivity contribution in [3.8, 4) is 11.3 Å². The maximum absolute atomic E-state index is 9.53. The van der Waals surface area contributed by atoms with Crippen molar-refractivity contribution in [2.45, 2.75) is 45.2 Å². The van der Waals surface area contributed by atoms with Crippen molar-refractivity contribution in [3.05, 3.63) is 71.1 Å². The van der Waals surface area contributed by atoms with Crippen molar-refractivity contribution in [2.24, 2.45) is 11.8 Å². The van der Waals surface area contributed by atoms with Crippen LogP contribution in [0.15, 0.2) is 54.9 Å². The molecule has 0 amide bonds. The summed E-state index contributed by atoms with van der Waals surface area (Å²) in [7, 11) is 0. The van der Waals surface area contributed by atoms with Gasteiger partial charge in [0.1, 0.15) is 5.69 Å². The van der Waals surface area contributed by atoms with Gasteiger partial charge in [-0.05, 0) is 42.4 Å². The number of fused-ring (bicyclic) bond motifs is 1. The molecule has 2 aliphatic rings. The van der Waals surface area contributed by atoms with E-state index in [1.54, 1.807) is 18.5 Å². The van der Waals surface area contributed by atoms with Crippen LogP contribution in [0.1, 0.15) is 49.9 Å². The van der Waals surface area contributed by atoms with Crippen LogP contribution in [0.2, 0.25) is 5.02 Å². The van der Waals surface area contributed by atoms with E-state index in [0.717, 1.165) is 29.5 Å². The van der Waals surface area contributed by atoms with Gasteiger partial charge in [0.2, 0.25) is 5.95 Å². The molecule has 1 saturated carbocycles. The lowest BCUT2D eigenvalue weighted by atomic mass is 9.83. The quantitative estimate of drug-likeness (QED) is 0.154. The monoisotopic (exact) mass is 559 g/mol. The number of amidine groups is 1. The highest BCUT2D eigenvalue weighted by Gasteiger charge is 2.32. The number of hydrogen-bond donors (Lipinski definition) is 3. The summed E-state index contributed by atoms with van der Waals surface area (Å²) >= 11 is 6.37. The zero-order valence-electron chi connectivity index (χ0n) is 22.6. The molecule has 9 nitrogen and oxygen atoms in total. The van der Waals surface area contributed by atoms with Crippen LogP contribution in [0.5, 0.6) is 0 Å². The van der Waals surface area contributed by atoms with E-state index >= 15 is 0 Å². The average Bonchev–Trinajstić information content (AvgIpc) is 3.35. The number of nitrogens with zero attached hydrogens (tertiary/aromatic N) is 5. The first-order valence-corrected chi connectivity index (χ1v) is 14.3. The lowest BCUT2D eigenvalue weighted by molar-refractivity contribution is 0.0927. The van der Waals surface area contributed by atoms with Gasteiger partial charge in [0, 0.05) is 31.0 Å². The maximum atomic E-state index is 9.53. The highest BCUT2D eigenvalue weighted by atomic mass is 35.5. The Hall–Kier alpha value is -3.53. The molecular weight excluding hydrogens is 526 g/mol. The Kier molecular flexibility index (Phi) is 7.69. The Balaban J connectivity index is 1.56. The molecule has 4 aromatic rings. The first-order chi connectivity index (χ1) is 19.5. The lowest BCUT2D eigenvalue weighted by Crippen LogP contribution is -2.41. The Morgan fingerprint density at radius 2 is 1.93 bits per heavy atom. The predicted molar refractivity (Wildman–Crippen MR) is 156 cm³/mol. The minimum atomic E-state index is -0.205. The van der Waals surface area contributed by atoms with Crippen molar-refractivity contribution in [1.82, 2.24) is 25.0 Å². The lowest BCUT2D eigenvalue weighted by Gasteiger charge is -2.37. The van der Waals surface area contributed by atoms with Gasteiger partial charge in [0.25, 0.3) is 0 Å². The van der Waals surface area contributed by atoms with Gasteiger partial charge < -0.3 is 14.2 Å². The third kappa shape index (κ3) is 5.29. The fourth-order valence-corrected chi connectivity index (χ4v) is 6.20. The van der Waals surface area contributed by atoms with Gasteiger partial charge in [-0.1, -0.05) is 61.7 Å². The molecule has 0 bridgehead atoms. The standard InChI is InChI=1S/C30H34ClN7O2/c1-19-7-9-20(10-8-19)17-38-28-24(14-25(29(32)36-39)34-27(28)22-13-23(31)16-33-15-22)35-30(38)37-11-12-40-18-26(37)21-5-3-2-4-6-21/h2-6,13-16,19-20,26,39H,7-12,17-18H2,1H3,(H2,32,36)/t19?,20?,26-/m0/s1. The zero-order valence-corrected chi connectivity index (χ0v) is 23.3. The van der Waals surface area contributed by atoms with Crippen LogP contribution < -0.4 is 10.4 Å². The summed E-state index contributed by atoms with van der Waals surface area (Å²) in [5, 5.41) is 18.3. The molecule has 2 fully saturated rings. The Bertz CT molecular complexity index is 1500. The number of ether oxygens (including phenoxy) is 1. The van der Waals surface area contributed by atoms with Crippen LogP contribution in [-0.4, -0.2) is 50.3 Å². The van der Waals surface area contributed by atoms with Crippen LogP contribution >= 0.6 is 11.6 Å². The van der Waals surface area contributed by atoms with Crippen molar-refractivity contribution in [2.75, 3.05) is 24.7 Å². The number of rotatable bonds is 6. The van der Waals surface area contributed by atoms with Crippen LogP contribution in [0.25, 0.3) is 22.3 Å². The zero-order chi connectivity index (χ0) is 27.6. The summed E-state index contributed by atoms with van der Waals surface area (Å²) in [5.41, 5.74) is 6.35. The largest absolute Gasteiger partial charge is 0.377 e. The molecule has 0 radical (unpaired) electrons. The molecule has 1 atom stereocenters. The first kappa shape index (κ1) is 26.7. The minimum Gasteiger partial charge on any atom is -0.377 e. The van der Waals surface area contributed by atoms with Gasteiger partial charge in [-0.2, -0.15) is 0 Å². The number of hydrogen-bond acceptors (Lipinski definition) is 7. The molecule has 6 rings (SSSR count). The van der Waals surface area contributed by atoms with E-state index < -0.39 is 0 Å². The van der Waals surface area contributed by atoms with Crippen LogP contribution in [0, 0.1) is 17.2 Å². The maximum Gasteiger partial charge on any atom is 0.207 e. The molecule has 1 aliphatic heterocycles. The van der Waals surface area contributed by atoms with Gasteiger partial charge in [-0.25, -0.2) is 9.97 Å². The topological polar surface area (TPSA) is 112 Å². The third-order valence-electron chi connectivity index (χ3n) is 8.20. The van der Waals surface area contributed by atoms with E-state index in [0.29, 0.717) is 41.9 Å². The highest BCUT2D eigenvalue weighted by molar-refractivity contribution is 6.30. The van der Waals surface area contributed by atoms with Gasteiger partial charge in [0.05, 0.1) is 41.0 Å². The van der Waals surface area contributed by atoms with E-state index in [2.05, 4.69) is 45.6 Å². The fourth-order valence-electron chi connectivity index (χ4n) is 6.03. The second-order valence-corrected chi connectivity index (χ2v) is 11.4. The summed E-state index contributed by atoms with van der Waals surface area (Å²) in [5.74, 6) is 1.94. The second-order valence-electron chi connectivity index (χ2n) is 10.9. The minimum absolute atomic E-state index is 0.0120. The average molecular weight is 560 g/mol. The van der Waals surface area contributed by atoms with Gasteiger partial charge in [-0.3, -0.25) is 21.1 Å².